The minimum absolute atomic E-state index is 0.0442. The zero-order chi connectivity index (χ0) is 28.0. The number of alkyl halides is 1. The molecule has 0 N–H and O–H groups in total. The predicted octanol–water partition coefficient (Wildman–Crippen LogP) is 7.59. The number of amides is 1. The molecule has 1 amide bonds. The largest absolute Gasteiger partial charge is 0.415 e. The van der Waals surface area contributed by atoms with Crippen LogP contribution in [0.2, 0.25) is 0 Å². The molecule has 0 aromatic heterocycles. The summed E-state index contributed by atoms with van der Waals surface area (Å²) < 4.78 is 20.3. The zero-order valence-corrected chi connectivity index (χ0v) is 24.8. The summed E-state index contributed by atoms with van der Waals surface area (Å²) in [5, 5.41) is 2.47. The molecule has 0 saturated carbocycles. The number of carbonyl (C=O) groups excluding carboxylic acids is 1. The van der Waals surface area contributed by atoms with E-state index in [1.807, 2.05) is 48.2 Å². The summed E-state index contributed by atoms with van der Waals surface area (Å²) in [6.07, 6.45) is -0.763. The molecular formula is C34H36FNO2P2. The van der Waals surface area contributed by atoms with Gasteiger partial charge in [0.2, 0.25) is 6.36 Å². The summed E-state index contributed by atoms with van der Waals surface area (Å²) >= 11 is 0. The van der Waals surface area contributed by atoms with Gasteiger partial charge in [0.25, 0.3) is 0 Å². The van der Waals surface area contributed by atoms with E-state index < -0.39 is 25.9 Å². The van der Waals surface area contributed by atoms with Gasteiger partial charge in [-0.05, 0) is 36.1 Å². The number of halogens is 1. The van der Waals surface area contributed by atoms with E-state index in [-0.39, 0.29) is 18.0 Å². The van der Waals surface area contributed by atoms with Crippen LogP contribution in [0.25, 0.3) is 0 Å². The Morgan fingerprint density at radius 3 is 1.93 bits per heavy atom. The van der Waals surface area contributed by atoms with Crippen molar-refractivity contribution in [3.05, 3.63) is 132 Å². The number of benzene rings is 4. The third-order valence-corrected chi connectivity index (χ3v) is 11.0. The first kappa shape index (κ1) is 28.5. The molecule has 0 radical (unpaired) electrons. The smallest absolute Gasteiger partial charge is 0.413 e. The summed E-state index contributed by atoms with van der Waals surface area (Å²) in [5.41, 5.74) is 1.47. The Labute approximate surface area is 240 Å². The molecule has 3 nitrogen and oxygen atoms in total. The average Bonchev–Trinajstić information content (AvgIpc) is 3.30. The second kappa shape index (κ2) is 13.1. The van der Waals surface area contributed by atoms with Gasteiger partial charge in [-0.25, -0.2) is 9.18 Å². The van der Waals surface area contributed by atoms with Crippen LogP contribution in [0, 0.1) is 0 Å². The number of hydrogen-bond donors (Lipinski definition) is 0. The van der Waals surface area contributed by atoms with Gasteiger partial charge in [-0.1, -0.05) is 128 Å². The molecule has 4 aromatic rings. The molecule has 5 unspecified atom stereocenters. The molecular weight excluding hydrogens is 535 g/mol. The van der Waals surface area contributed by atoms with Crippen molar-refractivity contribution >= 4 is 33.9 Å². The summed E-state index contributed by atoms with van der Waals surface area (Å²) in [6, 6.07) is 41.8. The highest BCUT2D eigenvalue weighted by atomic mass is 31.1. The van der Waals surface area contributed by atoms with Crippen molar-refractivity contribution in [1.29, 1.82) is 0 Å². The van der Waals surface area contributed by atoms with Gasteiger partial charge in [-0.15, -0.1) is 9.24 Å². The molecule has 1 saturated heterocycles. The highest BCUT2D eigenvalue weighted by Crippen LogP contribution is 2.57. The molecule has 6 heteroatoms. The highest BCUT2D eigenvalue weighted by Gasteiger charge is 2.57. The SMILES string of the molecule is CCCC(F)OC(=O)N1CC(P)C(c2ccccc2)C1(CP(c1ccccc1)c1ccccc1)c1ccccc1. The van der Waals surface area contributed by atoms with Crippen LogP contribution in [0.5, 0.6) is 0 Å². The molecule has 0 bridgehead atoms. The van der Waals surface area contributed by atoms with Crippen LogP contribution in [0.3, 0.4) is 0 Å². The Balaban J connectivity index is 1.73. The second-order valence-electron chi connectivity index (χ2n) is 10.3. The Hall–Kier alpha value is -3.06. The summed E-state index contributed by atoms with van der Waals surface area (Å²) in [5.74, 6) is -0.0460. The first-order valence-electron chi connectivity index (χ1n) is 13.9. The van der Waals surface area contributed by atoms with Crippen molar-refractivity contribution in [2.75, 3.05) is 12.7 Å². The van der Waals surface area contributed by atoms with Crippen LogP contribution in [0.4, 0.5) is 9.18 Å². The fourth-order valence-electron chi connectivity index (χ4n) is 6.01. The van der Waals surface area contributed by atoms with Gasteiger partial charge in [0.15, 0.2) is 0 Å². The van der Waals surface area contributed by atoms with Gasteiger partial charge in [-0.3, -0.25) is 4.90 Å². The van der Waals surface area contributed by atoms with Crippen LogP contribution < -0.4 is 10.6 Å². The van der Waals surface area contributed by atoms with Crippen LogP contribution in [-0.2, 0) is 10.3 Å². The first-order valence-corrected chi connectivity index (χ1v) is 16.1. The lowest BCUT2D eigenvalue weighted by Gasteiger charge is -2.45. The number of carbonyl (C=O) groups is 1. The molecule has 40 heavy (non-hydrogen) atoms. The number of nitrogens with zero attached hydrogens (tertiary/aromatic N) is 1. The van der Waals surface area contributed by atoms with E-state index in [2.05, 4.69) is 94.2 Å². The van der Waals surface area contributed by atoms with Crippen molar-refractivity contribution in [3.63, 3.8) is 0 Å². The van der Waals surface area contributed by atoms with Crippen LogP contribution >= 0.6 is 17.2 Å². The molecule has 4 aromatic carbocycles. The third kappa shape index (κ3) is 5.85. The van der Waals surface area contributed by atoms with Crippen molar-refractivity contribution < 1.29 is 13.9 Å². The molecule has 0 spiro atoms. The maximum Gasteiger partial charge on any atom is 0.413 e. The summed E-state index contributed by atoms with van der Waals surface area (Å²) in [4.78, 5) is 15.8. The number of hydrogen-bond acceptors (Lipinski definition) is 2. The van der Waals surface area contributed by atoms with E-state index in [9.17, 15) is 9.18 Å². The lowest BCUT2D eigenvalue weighted by Crippen LogP contribution is -2.51. The average molecular weight is 572 g/mol. The highest BCUT2D eigenvalue weighted by molar-refractivity contribution is 7.73. The Kier molecular flexibility index (Phi) is 9.30. The van der Waals surface area contributed by atoms with Crippen molar-refractivity contribution in [2.45, 2.75) is 43.2 Å². The van der Waals surface area contributed by atoms with E-state index in [0.717, 1.165) is 11.1 Å². The molecule has 206 valence electrons. The first-order chi connectivity index (χ1) is 19.5. The minimum atomic E-state index is -1.63. The molecule has 5 atom stereocenters. The van der Waals surface area contributed by atoms with Gasteiger partial charge in [0.1, 0.15) is 0 Å². The van der Waals surface area contributed by atoms with E-state index in [4.69, 9.17) is 4.74 Å². The van der Waals surface area contributed by atoms with Gasteiger partial charge in [0.05, 0.1) is 5.54 Å². The second-order valence-corrected chi connectivity index (χ2v) is 13.4. The van der Waals surface area contributed by atoms with Crippen LogP contribution in [0.15, 0.2) is 121 Å². The Morgan fingerprint density at radius 2 is 1.40 bits per heavy atom. The van der Waals surface area contributed by atoms with Gasteiger partial charge in [-0.2, -0.15) is 0 Å². The van der Waals surface area contributed by atoms with Crippen LogP contribution in [-0.4, -0.2) is 35.7 Å². The standard InChI is InChI=1S/C34H36FNO2P2/c1-2-15-31(35)38-33(37)36-24-30(39)32(26-16-7-3-8-17-26)34(36,27-18-9-4-10-19-27)25-40(28-20-11-5-12-21-28)29-22-13-6-14-23-29/h3-14,16-23,30-32H,2,15,24-25,39H2,1H3. The van der Waals surface area contributed by atoms with E-state index in [1.54, 1.807) is 0 Å². The van der Waals surface area contributed by atoms with E-state index in [0.29, 0.717) is 19.1 Å². The molecule has 1 fully saturated rings. The van der Waals surface area contributed by atoms with Crippen molar-refractivity contribution in [3.8, 4) is 0 Å². The fraction of sp³-hybridized carbons (Fsp3) is 0.265. The third-order valence-electron chi connectivity index (χ3n) is 7.75. The summed E-state index contributed by atoms with van der Waals surface area (Å²) in [6.45, 7) is 2.34. The molecule has 0 aliphatic carbocycles. The monoisotopic (exact) mass is 571 g/mol. The normalized spacial score (nSPS) is 21.4. The molecule has 5 rings (SSSR count). The quantitative estimate of drug-likeness (QED) is 0.194. The lowest BCUT2D eigenvalue weighted by atomic mass is 9.76. The van der Waals surface area contributed by atoms with Crippen LogP contribution in [0.1, 0.15) is 36.8 Å². The van der Waals surface area contributed by atoms with E-state index >= 15 is 0 Å². The Bertz CT molecular complexity index is 1320. The topological polar surface area (TPSA) is 29.5 Å². The minimum Gasteiger partial charge on any atom is -0.415 e. The fourth-order valence-corrected chi connectivity index (χ4v) is 9.52. The molecule has 1 heterocycles. The van der Waals surface area contributed by atoms with E-state index in [1.165, 1.54) is 10.6 Å². The number of rotatable bonds is 9. The lowest BCUT2D eigenvalue weighted by molar-refractivity contribution is -0.0217. The van der Waals surface area contributed by atoms with Crippen molar-refractivity contribution in [1.82, 2.24) is 4.90 Å². The molecule has 1 aliphatic heterocycles. The maximum absolute atomic E-state index is 14.8. The predicted molar refractivity (Wildman–Crippen MR) is 168 cm³/mol. The number of likely N-dealkylation sites (tertiary alicyclic amines) is 1. The molecule has 1 aliphatic rings. The van der Waals surface area contributed by atoms with Gasteiger partial charge < -0.3 is 4.74 Å². The zero-order valence-electron chi connectivity index (χ0n) is 22.8. The van der Waals surface area contributed by atoms with Crippen molar-refractivity contribution in [2.24, 2.45) is 0 Å². The Morgan fingerprint density at radius 1 is 0.900 bits per heavy atom. The number of ether oxygens (including phenoxy) is 1. The van der Waals surface area contributed by atoms with Gasteiger partial charge in [0, 0.05) is 30.7 Å². The van der Waals surface area contributed by atoms with Gasteiger partial charge >= 0.3 is 6.09 Å². The maximum atomic E-state index is 14.8. The summed E-state index contributed by atoms with van der Waals surface area (Å²) in [7, 11) is 2.09.